The minimum absolute atomic E-state index is 0.215. The van der Waals surface area contributed by atoms with Gasteiger partial charge < -0.3 is 11.1 Å². The normalized spacial score (nSPS) is 21.5. The molecule has 1 aromatic rings. The number of anilines is 1. The topological polar surface area (TPSA) is 92.4 Å². The quantitative estimate of drug-likeness (QED) is 0.712. The molecule has 2 rings (SSSR count). The van der Waals surface area contributed by atoms with Gasteiger partial charge in [0.25, 0.3) is 5.91 Å². The second-order valence-electron chi connectivity index (χ2n) is 4.17. The van der Waals surface area contributed by atoms with Crippen LogP contribution in [-0.4, -0.2) is 28.4 Å². The fourth-order valence-corrected chi connectivity index (χ4v) is 2.32. The summed E-state index contributed by atoms with van der Waals surface area (Å²) in [6.45, 7) is 1.83. The standard InChI is InChI=1S/C12H15N5OS/c1-12(5-7-15-17-9(12)10(13)18)16-11-8(19-2)4-3-6-14-11/h3-7,15H,1-2H3,(H2,13,18)(H,14,16). The molecular formula is C12H15N5OS. The summed E-state index contributed by atoms with van der Waals surface area (Å²) in [5.41, 5.74) is 7.42. The molecule has 0 radical (unpaired) electrons. The predicted octanol–water partition coefficient (Wildman–Crippen LogP) is 0.932. The SMILES string of the molecule is CSc1cccnc1NC1(C)C=CNN=C1C(N)=O. The molecule has 1 unspecified atom stereocenters. The van der Waals surface area contributed by atoms with Crippen LogP contribution in [0.1, 0.15) is 6.92 Å². The molecular weight excluding hydrogens is 262 g/mol. The number of carbonyl (C=O) groups is 1. The Hall–Kier alpha value is -2.02. The molecule has 4 N–H and O–H groups in total. The maximum absolute atomic E-state index is 11.5. The Morgan fingerprint density at radius 2 is 2.37 bits per heavy atom. The van der Waals surface area contributed by atoms with Crippen LogP contribution in [0.2, 0.25) is 0 Å². The van der Waals surface area contributed by atoms with E-state index >= 15 is 0 Å². The van der Waals surface area contributed by atoms with Crippen LogP contribution in [0.3, 0.4) is 0 Å². The van der Waals surface area contributed by atoms with Crippen LogP contribution < -0.4 is 16.5 Å². The Morgan fingerprint density at radius 3 is 3.05 bits per heavy atom. The van der Waals surface area contributed by atoms with Crippen molar-refractivity contribution in [1.82, 2.24) is 10.4 Å². The summed E-state index contributed by atoms with van der Waals surface area (Å²) in [5.74, 6) is 0.117. The number of rotatable bonds is 4. The lowest BCUT2D eigenvalue weighted by atomic mass is 9.94. The maximum Gasteiger partial charge on any atom is 0.267 e. The van der Waals surface area contributed by atoms with Gasteiger partial charge >= 0.3 is 0 Å². The van der Waals surface area contributed by atoms with Crippen LogP contribution in [0, 0.1) is 0 Å². The number of primary amides is 1. The van der Waals surface area contributed by atoms with Gasteiger partial charge in [-0.2, -0.15) is 5.10 Å². The number of hydrogen-bond acceptors (Lipinski definition) is 6. The van der Waals surface area contributed by atoms with Gasteiger partial charge in [0.15, 0.2) is 5.71 Å². The van der Waals surface area contributed by atoms with Crippen molar-refractivity contribution in [2.75, 3.05) is 11.6 Å². The highest BCUT2D eigenvalue weighted by Gasteiger charge is 2.34. The second-order valence-corrected chi connectivity index (χ2v) is 5.02. The molecule has 0 aliphatic carbocycles. The third-order valence-electron chi connectivity index (χ3n) is 2.76. The van der Waals surface area contributed by atoms with Crippen molar-refractivity contribution >= 4 is 29.2 Å². The molecule has 0 saturated heterocycles. The molecule has 1 atom stereocenters. The van der Waals surface area contributed by atoms with Gasteiger partial charge in [0.1, 0.15) is 11.4 Å². The molecule has 19 heavy (non-hydrogen) atoms. The van der Waals surface area contributed by atoms with Crippen LogP contribution >= 0.6 is 11.8 Å². The first kappa shape index (κ1) is 13.4. The van der Waals surface area contributed by atoms with E-state index in [2.05, 4.69) is 20.8 Å². The fourth-order valence-electron chi connectivity index (χ4n) is 1.81. The Kier molecular flexibility index (Phi) is 3.75. The molecule has 1 aliphatic rings. The lowest BCUT2D eigenvalue weighted by Gasteiger charge is -2.30. The molecule has 0 fully saturated rings. The van der Waals surface area contributed by atoms with Gasteiger partial charge in [-0.05, 0) is 31.4 Å². The molecule has 1 amide bonds. The maximum atomic E-state index is 11.5. The van der Waals surface area contributed by atoms with Crippen molar-refractivity contribution in [3.05, 3.63) is 30.6 Å². The molecule has 0 spiro atoms. The fraction of sp³-hybridized carbons (Fsp3) is 0.250. The zero-order chi connectivity index (χ0) is 13.9. The number of nitrogens with zero attached hydrogens (tertiary/aromatic N) is 2. The number of aromatic nitrogens is 1. The van der Waals surface area contributed by atoms with Crippen LogP contribution in [0.4, 0.5) is 5.82 Å². The molecule has 0 aromatic carbocycles. The predicted molar refractivity (Wildman–Crippen MR) is 77.0 cm³/mol. The highest BCUT2D eigenvalue weighted by atomic mass is 32.2. The summed E-state index contributed by atoms with van der Waals surface area (Å²) in [6.07, 6.45) is 7.10. The highest BCUT2D eigenvalue weighted by Crippen LogP contribution is 2.26. The van der Waals surface area contributed by atoms with Gasteiger partial charge in [0.2, 0.25) is 0 Å². The van der Waals surface area contributed by atoms with E-state index in [9.17, 15) is 4.79 Å². The summed E-state index contributed by atoms with van der Waals surface area (Å²) < 4.78 is 0. The monoisotopic (exact) mass is 277 g/mol. The number of nitrogens with one attached hydrogen (secondary N) is 2. The Bertz CT molecular complexity index is 557. The molecule has 2 heterocycles. The van der Waals surface area contributed by atoms with Crippen molar-refractivity contribution in [3.8, 4) is 0 Å². The minimum atomic E-state index is -0.782. The molecule has 1 aromatic heterocycles. The molecule has 0 bridgehead atoms. The average molecular weight is 277 g/mol. The number of carbonyl (C=O) groups excluding carboxylic acids is 1. The molecule has 1 aliphatic heterocycles. The zero-order valence-corrected chi connectivity index (χ0v) is 11.5. The number of nitrogens with two attached hydrogens (primary N) is 1. The number of amides is 1. The van der Waals surface area contributed by atoms with Gasteiger partial charge in [0.05, 0.1) is 0 Å². The average Bonchev–Trinajstić information content (AvgIpc) is 2.39. The van der Waals surface area contributed by atoms with Crippen molar-refractivity contribution in [2.24, 2.45) is 10.8 Å². The Labute approximate surface area is 115 Å². The van der Waals surface area contributed by atoms with Crippen molar-refractivity contribution in [1.29, 1.82) is 0 Å². The first-order valence-corrected chi connectivity index (χ1v) is 6.87. The number of hydrazone groups is 1. The summed E-state index contributed by atoms with van der Waals surface area (Å²) in [5, 5.41) is 7.16. The molecule has 7 heteroatoms. The molecule has 100 valence electrons. The lowest BCUT2D eigenvalue weighted by Crippen LogP contribution is -2.50. The highest BCUT2D eigenvalue weighted by molar-refractivity contribution is 7.98. The third-order valence-corrected chi connectivity index (χ3v) is 3.53. The number of pyridine rings is 1. The van der Waals surface area contributed by atoms with Crippen LogP contribution in [0.25, 0.3) is 0 Å². The minimum Gasteiger partial charge on any atom is -0.364 e. The van der Waals surface area contributed by atoms with E-state index in [1.807, 2.05) is 25.3 Å². The first-order valence-electron chi connectivity index (χ1n) is 5.65. The van der Waals surface area contributed by atoms with E-state index in [0.717, 1.165) is 4.90 Å². The van der Waals surface area contributed by atoms with E-state index in [1.165, 1.54) is 0 Å². The Morgan fingerprint density at radius 1 is 1.58 bits per heavy atom. The van der Waals surface area contributed by atoms with Gasteiger partial charge in [-0.15, -0.1) is 11.8 Å². The van der Waals surface area contributed by atoms with Gasteiger partial charge in [-0.25, -0.2) is 4.98 Å². The van der Waals surface area contributed by atoms with E-state index < -0.39 is 11.4 Å². The number of thioether (sulfide) groups is 1. The summed E-state index contributed by atoms with van der Waals surface area (Å²) in [7, 11) is 0. The van der Waals surface area contributed by atoms with Gasteiger partial charge in [-0.1, -0.05) is 0 Å². The van der Waals surface area contributed by atoms with E-state index in [0.29, 0.717) is 5.82 Å². The van der Waals surface area contributed by atoms with Crippen LogP contribution in [-0.2, 0) is 4.79 Å². The zero-order valence-electron chi connectivity index (χ0n) is 10.7. The lowest BCUT2D eigenvalue weighted by molar-refractivity contribution is -0.112. The van der Waals surface area contributed by atoms with Crippen LogP contribution in [0.5, 0.6) is 0 Å². The smallest absolute Gasteiger partial charge is 0.267 e. The second kappa shape index (κ2) is 5.31. The van der Waals surface area contributed by atoms with Crippen molar-refractivity contribution in [2.45, 2.75) is 17.4 Å². The summed E-state index contributed by atoms with van der Waals surface area (Å²) >= 11 is 1.57. The van der Waals surface area contributed by atoms with Gasteiger partial charge in [0, 0.05) is 17.3 Å². The van der Waals surface area contributed by atoms with Gasteiger partial charge in [-0.3, -0.25) is 10.2 Å². The van der Waals surface area contributed by atoms with E-state index in [4.69, 9.17) is 5.73 Å². The summed E-state index contributed by atoms with van der Waals surface area (Å²) in [4.78, 5) is 16.7. The van der Waals surface area contributed by atoms with Crippen molar-refractivity contribution in [3.63, 3.8) is 0 Å². The van der Waals surface area contributed by atoms with E-state index in [1.54, 1.807) is 30.2 Å². The summed E-state index contributed by atoms with van der Waals surface area (Å²) in [6, 6.07) is 3.82. The van der Waals surface area contributed by atoms with Crippen molar-refractivity contribution < 1.29 is 4.79 Å². The largest absolute Gasteiger partial charge is 0.364 e. The first-order chi connectivity index (χ1) is 9.07. The molecule has 0 saturated carbocycles. The number of hydrogen-bond donors (Lipinski definition) is 3. The van der Waals surface area contributed by atoms with E-state index in [-0.39, 0.29) is 5.71 Å². The van der Waals surface area contributed by atoms with Crippen LogP contribution in [0.15, 0.2) is 40.6 Å². The Balaban J connectivity index is 2.35. The molecule has 6 nitrogen and oxygen atoms in total. The third kappa shape index (κ3) is 2.70.